The first-order valence-electron chi connectivity index (χ1n) is 10.9. The molecule has 0 radical (unpaired) electrons. The van der Waals surface area contributed by atoms with Crippen molar-refractivity contribution >= 4 is 23.2 Å². The van der Waals surface area contributed by atoms with Gasteiger partial charge < -0.3 is 14.4 Å². The van der Waals surface area contributed by atoms with Crippen LogP contribution in [0, 0.1) is 0 Å². The minimum absolute atomic E-state index is 0.115. The molecule has 3 aliphatic rings. The molecule has 5 nitrogen and oxygen atoms in total. The van der Waals surface area contributed by atoms with Crippen LogP contribution >= 0.6 is 11.6 Å². The fourth-order valence-electron chi connectivity index (χ4n) is 4.99. The van der Waals surface area contributed by atoms with Crippen molar-refractivity contribution in [3.05, 3.63) is 57.9 Å². The highest BCUT2D eigenvalue weighted by Gasteiger charge is 2.42. The molecule has 0 amide bonds. The molecule has 164 valence electrons. The Morgan fingerprint density at radius 3 is 2.23 bits per heavy atom. The Morgan fingerprint density at radius 2 is 1.68 bits per heavy atom. The van der Waals surface area contributed by atoms with E-state index in [0.717, 1.165) is 53.8 Å². The van der Waals surface area contributed by atoms with Crippen LogP contribution in [0.2, 0.25) is 5.02 Å². The first-order valence-corrected chi connectivity index (χ1v) is 11.3. The highest BCUT2D eigenvalue weighted by molar-refractivity contribution is 6.32. The van der Waals surface area contributed by atoms with Gasteiger partial charge in [0.25, 0.3) is 0 Å². The number of nitrogens with zero attached hydrogens (tertiary/aromatic N) is 1. The van der Waals surface area contributed by atoms with Crippen molar-refractivity contribution in [3.8, 4) is 11.5 Å². The standard InChI is InChI=1S/C25H28ClNO4/c1-4-12-31-25-16(26)13-15(14-21(25)30-5-2)22-23-17(8-6-10-19(23)28)27(3)18-9-7-11-20(29)24(18)22/h4,13-14,22H,1,5-12H2,2-3H3. The molecule has 4 rings (SSSR count). The zero-order valence-electron chi connectivity index (χ0n) is 18.1. The van der Waals surface area contributed by atoms with Crippen molar-refractivity contribution in [3.63, 3.8) is 0 Å². The van der Waals surface area contributed by atoms with Crippen LogP contribution in [0.5, 0.6) is 11.5 Å². The quantitative estimate of drug-likeness (QED) is 0.557. The molecule has 0 saturated heterocycles. The molecule has 0 spiro atoms. The fraction of sp³-hybridized carbons (Fsp3) is 0.440. The van der Waals surface area contributed by atoms with Gasteiger partial charge in [0.1, 0.15) is 6.61 Å². The predicted molar refractivity (Wildman–Crippen MR) is 121 cm³/mol. The largest absolute Gasteiger partial charge is 0.490 e. The van der Waals surface area contributed by atoms with E-state index >= 15 is 0 Å². The Morgan fingerprint density at radius 1 is 1.06 bits per heavy atom. The SMILES string of the molecule is C=CCOc1c(Cl)cc(C2C3=C(CCCC3=O)N(C)C3=C2C(=O)CCC3)cc1OCC. The minimum Gasteiger partial charge on any atom is -0.490 e. The molecule has 0 bridgehead atoms. The van der Waals surface area contributed by atoms with Crippen LogP contribution < -0.4 is 9.47 Å². The molecule has 2 aliphatic carbocycles. The zero-order chi connectivity index (χ0) is 22.1. The molecule has 1 aromatic carbocycles. The number of carbonyl (C=O) groups excluding carboxylic acids is 2. The summed E-state index contributed by atoms with van der Waals surface area (Å²) < 4.78 is 11.6. The lowest BCUT2D eigenvalue weighted by Crippen LogP contribution is -2.37. The van der Waals surface area contributed by atoms with Crippen molar-refractivity contribution in [1.29, 1.82) is 0 Å². The van der Waals surface area contributed by atoms with Gasteiger partial charge in [-0.15, -0.1) is 0 Å². The van der Waals surface area contributed by atoms with Crippen LogP contribution in [0.1, 0.15) is 56.9 Å². The number of ether oxygens (including phenoxy) is 2. The molecule has 0 aromatic heterocycles. The zero-order valence-corrected chi connectivity index (χ0v) is 18.9. The number of benzene rings is 1. The van der Waals surface area contributed by atoms with Crippen LogP contribution in [0.4, 0.5) is 0 Å². The topological polar surface area (TPSA) is 55.8 Å². The van der Waals surface area contributed by atoms with Crippen molar-refractivity contribution in [1.82, 2.24) is 4.90 Å². The lowest BCUT2D eigenvalue weighted by atomic mass is 9.71. The lowest BCUT2D eigenvalue weighted by molar-refractivity contribution is -0.117. The second-order valence-corrected chi connectivity index (χ2v) is 8.54. The third-order valence-electron chi connectivity index (χ3n) is 6.26. The van der Waals surface area contributed by atoms with E-state index in [-0.39, 0.29) is 11.6 Å². The summed E-state index contributed by atoms with van der Waals surface area (Å²) in [6.45, 7) is 6.32. The van der Waals surface area contributed by atoms with E-state index in [4.69, 9.17) is 21.1 Å². The number of rotatable bonds is 6. The molecule has 1 aliphatic heterocycles. The van der Waals surface area contributed by atoms with Gasteiger partial charge >= 0.3 is 0 Å². The summed E-state index contributed by atoms with van der Waals surface area (Å²) in [4.78, 5) is 28.3. The molecule has 6 heteroatoms. The highest BCUT2D eigenvalue weighted by Crippen LogP contribution is 2.50. The molecule has 1 aromatic rings. The summed E-state index contributed by atoms with van der Waals surface area (Å²) in [5, 5.41) is 0.401. The Labute approximate surface area is 188 Å². The molecule has 0 atom stereocenters. The minimum atomic E-state index is -0.410. The first-order chi connectivity index (χ1) is 15.0. The molecule has 0 N–H and O–H groups in total. The van der Waals surface area contributed by atoms with Gasteiger partial charge in [0.2, 0.25) is 0 Å². The normalized spacial score (nSPS) is 19.4. The van der Waals surface area contributed by atoms with Crippen molar-refractivity contribution in [2.75, 3.05) is 20.3 Å². The van der Waals surface area contributed by atoms with Crippen molar-refractivity contribution in [2.45, 2.75) is 51.4 Å². The number of ketones is 2. The van der Waals surface area contributed by atoms with E-state index < -0.39 is 5.92 Å². The highest BCUT2D eigenvalue weighted by atomic mass is 35.5. The Bertz CT molecular complexity index is 963. The Balaban J connectivity index is 1.92. The fourth-order valence-corrected chi connectivity index (χ4v) is 5.26. The van der Waals surface area contributed by atoms with Crippen LogP contribution in [0.3, 0.4) is 0 Å². The number of hydrogen-bond donors (Lipinski definition) is 0. The summed E-state index contributed by atoms with van der Waals surface area (Å²) in [5.41, 5.74) is 4.35. The summed E-state index contributed by atoms with van der Waals surface area (Å²) in [7, 11) is 1.99. The van der Waals surface area contributed by atoms with Crippen LogP contribution in [0.15, 0.2) is 47.3 Å². The van der Waals surface area contributed by atoms with Gasteiger partial charge in [-0.3, -0.25) is 9.59 Å². The molecule has 0 saturated carbocycles. The molecular formula is C25H28ClNO4. The number of Topliss-reactive ketones (excluding diaryl/α,β-unsaturated/α-hetero) is 2. The number of allylic oxidation sites excluding steroid dienone is 4. The van der Waals surface area contributed by atoms with Gasteiger partial charge in [-0.1, -0.05) is 24.3 Å². The molecule has 31 heavy (non-hydrogen) atoms. The van der Waals surface area contributed by atoms with Crippen LogP contribution in [0.25, 0.3) is 0 Å². The van der Waals surface area contributed by atoms with E-state index in [2.05, 4.69) is 11.5 Å². The number of hydrogen-bond acceptors (Lipinski definition) is 5. The summed E-state index contributed by atoms with van der Waals surface area (Å²) in [5.74, 6) is 0.787. The predicted octanol–water partition coefficient (Wildman–Crippen LogP) is 5.35. The van der Waals surface area contributed by atoms with Gasteiger partial charge in [0.05, 0.1) is 11.6 Å². The second-order valence-electron chi connectivity index (χ2n) is 8.13. The van der Waals surface area contributed by atoms with Gasteiger partial charge in [-0.2, -0.15) is 0 Å². The van der Waals surface area contributed by atoms with E-state index in [9.17, 15) is 9.59 Å². The summed E-state index contributed by atoms with van der Waals surface area (Å²) >= 11 is 6.63. The lowest BCUT2D eigenvalue weighted by Gasteiger charge is -2.42. The summed E-state index contributed by atoms with van der Waals surface area (Å²) in [6.07, 6.45) is 6.01. The van der Waals surface area contributed by atoms with Crippen molar-refractivity contribution < 1.29 is 19.1 Å². The van der Waals surface area contributed by atoms with Gasteiger partial charge in [-0.05, 0) is 50.3 Å². The van der Waals surface area contributed by atoms with Gasteiger partial charge in [-0.25, -0.2) is 0 Å². The molecule has 1 heterocycles. The maximum Gasteiger partial charge on any atom is 0.180 e. The van der Waals surface area contributed by atoms with Crippen LogP contribution in [-0.4, -0.2) is 36.7 Å². The van der Waals surface area contributed by atoms with E-state index in [1.54, 1.807) is 6.08 Å². The number of halogens is 1. The van der Waals surface area contributed by atoms with E-state index in [0.29, 0.717) is 42.6 Å². The molecule has 0 unspecified atom stereocenters. The van der Waals surface area contributed by atoms with E-state index in [1.807, 2.05) is 26.1 Å². The third kappa shape index (κ3) is 3.80. The summed E-state index contributed by atoms with van der Waals surface area (Å²) in [6, 6.07) is 3.69. The van der Waals surface area contributed by atoms with Crippen LogP contribution in [-0.2, 0) is 9.59 Å². The maximum atomic E-state index is 13.1. The van der Waals surface area contributed by atoms with Crippen molar-refractivity contribution in [2.24, 2.45) is 0 Å². The van der Waals surface area contributed by atoms with Gasteiger partial charge in [0, 0.05) is 48.3 Å². The number of carbonyl (C=O) groups is 2. The third-order valence-corrected chi connectivity index (χ3v) is 6.54. The molecule has 0 fully saturated rings. The monoisotopic (exact) mass is 441 g/mol. The van der Waals surface area contributed by atoms with E-state index in [1.165, 1.54) is 0 Å². The van der Waals surface area contributed by atoms with Gasteiger partial charge in [0.15, 0.2) is 23.1 Å². The Kier molecular flexibility index (Phi) is 6.24. The average molecular weight is 442 g/mol. The average Bonchev–Trinajstić information content (AvgIpc) is 2.75. The second kappa shape index (κ2) is 8.91. The smallest absolute Gasteiger partial charge is 0.180 e. The maximum absolute atomic E-state index is 13.1. The Hall–Kier alpha value is -2.53. The molecular weight excluding hydrogens is 414 g/mol. The first kappa shape index (κ1) is 21.7.